The lowest BCUT2D eigenvalue weighted by molar-refractivity contribution is 0.0998. The van der Waals surface area contributed by atoms with Gasteiger partial charge in [-0.2, -0.15) is 4.99 Å². The number of nitrogens with zero attached hydrogens (tertiary/aromatic N) is 2. The Bertz CT molecular complexity index is 907. The molecule has 1 aromatic heterocycles. The molecule has 5 heteroatoms. The van der Waals surface area contributed by atoms with E-state index in [9.17, 15) is 4.79 Å². The number of hydrogen-bond acceptors (Lipinski definition) is 2. The van der Waals surface area contributed by atoms with Gasteiger partial charge in [0.1, 0.15) is 0 Å². The molecule has 3 aromatic rings. The van der Waals surface area contributed by atoms with E-state index in [0.717, 1.165) is 31.6 Å². The first-order chi connectivity index (χ1) is 10.6. The minimum absolute atomic E-state index is 0.201. The Morgan fingerprint density at radius 2 is 1.95 bits per heavy atom. The number of benzene rings is 2. The van der Waals surface area contributed by atoms with Gasteiger partial charge in [-0.3, -0.25) is 4.79 Å². The Morgan fingerprint density at radius 1 is 1.23 bits per heavy atom. The maximum atomic E-state index is 12.4. The Balaban J connectivity index is 2.12. The van der Waals surface area contributed by atoms with Crippen LogP contribution in [0.25, 0.3) is 10.2 Å². The van der Waals surface area contributed by atoms with Crippen LogP contribution in [0.1, 0.15) is 22.8 Å². The summed E-state index contributed by atoms with van der Waals surface area (Å²) < 4.78 is 4.21. The molecule has 0 fully saturated rings. The van der Waals surface area contributed by atoms with Gasteiger partial charge in [-0.15, -0.1) is 0 Å². The third kappa shape index (κ3) is 2.91. The highest BCUT2D eigenvalue weighted by Gasteiger charge is 2.08. The monoisotopic (exact) mass is 374 g/mol. The first-order valence-electron chi connectivity index (χ1n) is 7.03. The molecule has 0 bridgehead atoms. The molecule has 0 saturated heterocycles. The van der Waals surface area contributed by atoms with E-state index in [-0.39, 0.29) is 5.91 Å². The lowest BCUT2D eigenvalue weighted by Crippen LogP contribution is -2.15. The number of rotatable bonds is 2. The highest BCUT2D eigenvalue weighted by atomic mass is 79.9. The lowest BCUT2D eigenvalue weighted by atomic mass is 10.1. The Hall–Kier alpha value is -1.72. The summed E-state index contributed by atoms with van der Waals surface area (Å²) in [6, 6.07) is 13.6. The number of aromatic nitrogens is 1. The molecule has 0 radical (unpaired) electrons. The second kappa shape index (κ2) is 6.18. The molecule has 3 rings (SSSR count). The van der Waals surface area contributed by atoms with Gasteiger partial charge in [0.25, 0.3) is 5.91 Å². The van der Waals surface area contributed by atoms with Crippen molar-refractivity contribution < 1.29 is 4.79 Å². The van der Waals surface area contributed by atoms with E-state index in [2.05, 4.69) is 44.5 Å². The van der Waals surface area contributed by atoms with Gasteiger partial charge in [-0.1, -0.05) is 45.0 Å². The first kappa shape index (κ1) is 15.2. The highest BCUT2D eigenvalue weighted by Crippen LogP contribution is 2.22. The lowest BCUT2D eigenvalue weighted by Gasteiger charge is -2.00. The number of carbonyl (C=O) groups excluding carboxylic acids is 1. The normalized spacial score (nSPS) is 12.0. The minimum atomic E-state index is -0.201. The summed E-state index contributed by atoms with van der Waals surface area (Å²) in [5, 5.41) is 0. The highest BCUT2D eigenvalue weighted by molar-refractivity contribution is 9.10. The summed E-state index contributed by atoms with van der Waals surface area (Å²) in [5.74, 6) is -0.201. The molecule has 0 N–H and O–H groups in total. The minimum Gasteiger partial charge on any atom is -0.317 e. The van der Waals surface area contributed by atoms with Gasteiger partial charge in [-0.25, -0.2) is 0 Å². The number of carbonyl (C=O) groups is 1. The summed E-state index contributed by atoms with van der Waals surface area (Å²) in [6.07, 6.45) is 0. The number of fused-ring (bicyclic) bond motifs is 1. The molecule has 112 valence electrons. The molecule has 1 amide bonds. The van der Waals surface area contributed by atoms with E-state index in [1.54, 1.807) is 0 Å². The van der Waals surface area contributed by atoms with Gasteiger partial charge in [0.05, 0.1) is 10.2 Å². The van der Waals surface area contributed by atoms with Gasteiger partial charge in [0, 0.05) is 16.6 Å². The zero-order chi connectivity index (χ0) is 15.7. The van der Waals surface area contributed by atoms with Gasteiger partial charge in [-0.05, 0) is 44.2 Å². The van der Waals surface area contributed by atoms with Crippen LogP contribution in [0, 0.1) is 6.92 Å². The molecule has 0 aliphatic heterocycles. The van der Waals surface area contributed by atoms with Crippen molar-refractivity contribution >= 4 is 43.4 Å². The van der Waals surface area contributed by atoms with Gasteiger partial charge < -0.3 is 4.57 Å². The number of aryl methyl sites for hydroxylation is 2. The molecule has 0 aliphatic carbocycles. The summed E-state index contributed by atoms with van der Waals surface area (Å²) in [5.41, 5.74) is 2.85. The largest absolute Gasteiger partial charge is 0.317 e. The fourth-order valence-corrected chi connectivity index (χ4v) is 3.93. The second-order valence-corrected chi connectivity index (χ2v) is 6.95. The predicted molar refractivity (Wildman–Crippen MR) is 94.3 cm³/mol. The Morgan fingerprint density at radius 3 is 2.64 bits per heavy atom. The zero-order valence-corrected chi connectivity index (χ0v) is 14.7. The van der Waals surface area contributed by atoms with E-state index in [0.29, 0.717) is 5.56 Å². The van der Waals surface area contributed by atoms with Crippen molar-refractivity contribution in [3.8, 4) is 0 Å². The van der Waals surface area contributed by atoms with Crippen LogP contribution in [0.15, 0.2) is 51.9 Å². The van der Waals surface area contributed by atoms with Crippen LogP contribution in [-0.4, -0.2) is 10.5 Å². The number of hydrogen-bond donors (Lipinski definition) is 0. The summed E-state index contributed by atoms with van der Waals surface area (Å²) >= 11 is 5.02. The molecule has 2 aromatic carbocycles. The third-order valence-corrected chi connectivity index (χ3v) is 4.99. The van der Waals surface area contributed by atoms with Crippen molar-refractivity contribution in [3.63, 3.8) is 0 Å². The van der Waals surface area contributed by atoms with Crippen LogP contribution < -0.4 is 4.80 Å². The molecular weight excluding hydrogens is 360 g/mol. The maximum absolute atomic E-state index is 12.4. The van der Waals surface area contributed by atoms with Crippen molar-refractivity contribution in [2.75, 3.05) is 0 Å². The molecule has 0 unspecified atom stereocenters. The van der Waals surface area contributed by atoms with Crippen molar-refractivity contribution in [3.05, 3.63) is 62.9 Å². The van der Waals surface area contributed by atoms with E-state index < -0.39 is 0 Å². The quantitative estimate of drug-likeness (QED) is 0.648. The Labute approximate surface area is 141 Å². The summed E-state index contributed by atoms with van der Waals surface area (Å²) in [6.45, 7) is 4.84. The van der Waals surface area contributed by atoms with Crippen LogP contribution in [0.5, 0.6) is 0 Å². The van der Waals surface area contributed by atoms with Gasteiger partial charge >= 0.3 is 0 Å². The fourth-order valence-electron chi connectivity index (χ4n) is 2.29. The predicted octanol–water partition coefficient (Wildman–Crippen LogP) is 4.53. The van der Waals surface area contributed by atoms with E-state index >= 15 is 0 Å². The van der Waals surface area contributed by atoms with Crippen LogP contribution >= 0.6 is 27.3 Å². The van der Waals surface area contributed by atoms with Crippen molar-refractivity contribution in [2.24, 2.45) is 4.99 Å². The number of halogens is 1. The average molecular weight is 375 g/mol. The summed E-state index contributed by atoms with van der Waals surface area (Å²) in [7, 11) is 0. The molecule has 0 aliphatic rings. The van der Waals surface area contributed by atoms with Crippen LogP contribution in [0.4, 0.5) is 0 Å². The number of amides is 1. The smallest absolute Gasteiger partial charge is 0.279 e. The van der Waals surface area contributed by atoms with Crippen LogP contribution in [-0.2, 0) is 6.54 Å². The molecular formula is C17H15BrN2OS. The van der Waals surface area contributed by atoms with Crippen molar-refractivity contribution in [2.45, 2.75) is 20.4 Å². The van der Waals surface area contributed by atoms with Crippen LogP contribution in [0.3, 0.4) is 0 Å². The molecule has 1 heterocycles. The van der Waals surface area contributed by atoms with E-state index in [1.807, 2.05) is 37.3 Å². The fraction of sp³-hybridized carbons (Fsp3) is 0.176. The average Bonchev–Trinajstić information content (AvgIpc) is 2.83. The topological polar surface area (TPSA) is 34.4 Å². The molecule has 3 nitrogen and oxygen atoms in total. The van der Waals surface area contributed by atoms with E-state index in [1.165, 1.54) is 11.3 Å². The zero-order valence-electron chi connectivity index (χ0n) is 12.3. The summed E-state index contributed by atoms with van der Waals surface area (Å²) in [4.78, 5) is 17.4. The van der Waals surface area contributed by atoms with E-state index in [4.69, 9.17) is 0 Å². The van der Waals surface area contributed by atoms with Crippen molar-refractivity contribution in [1.29, 1.82) is 0 Å². The molecule has 0 spiro atoms. The SMILES string of the molecule is CCn1c(=NC(=O)c2ccc(C)cc2)sc2cc(Br)ccc21. The molecule has 22 heavy (non-hydrogen) atoms. The molecule has 0 atom stereocenters. The van der Waals surface area contributed by atoms with Crippen molar-refractivity contribution in [1.82, 2.24) is 4.57 Å². The first-order valence-corrected chi connectivity index (χ1v) is 8.64. The third-order valence-electron chi connectivity index (χ3n) is 3.46. The van der Waals surface area contributed by atoms with Gasteiger partial charge in [0.2, 0.25) is 0 Å². The molecule has 0 saturated carbocycles. The maximum Gasteiger partial charge on any atom is 0.279 e. The van der Waals surface area contributed by atoms with Crippen LogP contribution in [0.2, 0.25) is 0 Å². The number of thiazole rings is 1. The standard InChI is InChI=1S/C17H15BrN2OS/c1-3-20-14-9-8-13(18)10-15(14)22-17(20)19-16(21)12-6-4-11(2)5-7-12/h4-10H,3H2,1-2H3. The van der Waals surface area contributed by atoms with Gasteiger partial charge in [0.15, 0.2) is 4.80 Å². The second-order valence-electron chi connectivity index (χ2n) is 5.02. The Kier molecular flexibility index (Phi) is 4.27.